The lowest BCUT2D eigenvalue weighted by atomic mass is 9.66. The minimum atomic E-state index is -0.484. The summed E-state index contributed by atoms with van der Waals surface area (Å²) < 4.78 is 12.0. The van der Waals surface area contributed by atoms with E-state index in [4.69, 9.17) is 9.47 Å². The Morgan fingerprint density at radius 3 is 2.85 bits per heavy atom. The van der Waals surface area contributed by atoms with Crippen molar-refractivity contribution in [2.75, 3.05) is 13.2 Å². The Kier molecular flexibility index (Phi) is 11.1. The number of aldehydes is 1. The molecule has 3 aliphatic rings. The second-order valence-electron chi connectivity index (χ2n) is 10.6. The summed E-state index contributed by atoms with van der Waals surface area (Å²) in [6.07, 6.45) is 16.8. The van der Waals surface area contributed by atoms with E-state index in [2.05, 4.69) is 44.3 Å². The van der Waals surface area contributed by atoms with E-state index in [9.17, 15) is 9.90 Å². The molecule has 2 unspecified atom stereocenters. The molecule has 0 amide bonds. The van der Waals surface area contributed by atoms with Crippen LogP contribution in [-0.4, -0.2) is 49.1 Å². The van der Waals surface area contributed by atoms with Crippen molar-refractivity contribution in [3.8, 4) is 0 Å². The number of carbonyl (C=O) groups is 1. The van der Waals surface area contributed by atoms with Gasteiger partial charge in [-0.15, -0.1) is 0 Å². The van der Waals surface area contributed by atoms with Crippen LogP contribution in [0.4, 0.5) is 0 Å². The minimum absolute atomic E-state index is 0.271. The van der Waals surface area contributed by atoms with E-state index in [1.165, 1.54) is 18.4 Å². The Balaban J connectivity index is 1.58. The average Bonchev–Trinajstić information content (AvgIpc) is 2.81. The Labute approximate surface area is 201 Å². The van der Waals surface area contributed by atoms with Gasteiger partial charge in [0.05, 0.1) is 18.2 Å². The number of nitrogens with one attached hydrogen (secondary N) is 1. The highest BCUT2D eigenvalue weighted by Crippen LogP contribution is 2.43. The van der Waals surface area contributed by atoms with Crippen LogP contribution in [-0.2, 0) is 14.3 Å². The number of carbonyl (C=O) groups excluding carboxylic acids is 1. The Morgan fingerprint density at radius 1 is 1.27 bits per heavy atom. The first-order chi connectivity index (χ1) is 16.0. The van der Waals surface area contributed by atoms with Crippen LogP contribution in [0.25, 0.3) is 0 Å². The molecule has 0 radical (unpaired) electrons. The highest BCUT2D eigenvalue weighted by molar-refractivity contribution is 5.58. The van der Waals surface area contributed by atoms with Gasteiger partial charge in [0, 0.05) is 13.0 Å². The lowest BCUT2D eigenvalue weighted by Gasteiger charge is -2.39. The maximum Gasteiger partial charge on any atom is 0.158 e. The monoisotopic (exact) mass is 461 g/mol. The fourth-order valence-corrected chi connectivity index (χ4v) is 5.80. The van der Waals surface area contributed by atoms with Gasteiger partial charge >= 0.3 is 0 Å². The largest absolute Gasteiger partial charge is 0.393 e. The maximum atomic E-state index is 11.9. The molecule has 1 heterocycles. The molecule has 1 fully saturated rings. The number of aliphatic hydroxyl groups excluding tert-OH is 1. The third-order valence-electron chi connectivity index (χ3n) is 7.88. The molecule has 0 aromatic heterocycles. The molecule has 5 heteroatoms. The van der Waals surface area contributed by atoms with Crippen molar-refractivity contribution in [1.82, 2.24) is 5.32 Å². The summed E-state index contributed by atoms with van der Waals surface area (Å²) in [7, 11) is 0. The van der Waals surface area contributed by atoms with Crippen LogP contribution in [0.5, 0.6) is 0 Å². The zero-order valence-corrected chi connectivity index (χ0v) is 21.1. The van der Waals surface area contributed by atoms with Gasteiger partial charge in [-0.2, -0.15) is 0 Å². The molecule has 5 nitrogen and oxygen atoms in total. The average molecular weight is 462 g/mol. The summed E-state index contributed by atoms with van der Waals surface area (Å²) in [5.74, 6) is 2.40. The number of hydrogen-bond acceptors (Lipinski definition) is 5. The van der Waals surface area contributed by atoms with Gasteiger partial charge in [0.1, 0.15) is 6.29 Å². The highest BCUT2D eigenvalue weighted by Gasteiger charge is 2.34. The zero-order valence-electron chi connectivity index (χ0n) is 21.1. The maximum absolute atomic E-state index is 11.9. The van der Waals surface area contributed by atoms with E-state index in [0.717, 1.165) is 57.8 Å². The summed E-state index contributed by atoms with van der Waals surface area (Å²) in [6, 6.07) is -0.414. The Bertz CT molecular complexity index is 642. The quantitative estimate of drug-likeness (QED) is 0.292. The second-order valence-corrected chi connectivity index (χ2v) is 10.6. The topological polar surface area (TPSA) is 67.8 Å². The number of allylic oxidation sites excluding steroid dienone is 4. The molecular formula is C28H47NO4. The predicted molar refractivity (Wildman–Crippen MR) is 133 cm³/mol. The Morgan fingerprint density at radius 2 is 2.12 bits per heavy atom. The standard InChI is InChI=1S/C28H47NO4/c1-4-5-15-29-26(19-30)27(33-28-8-6-7-16-32-28)18-23(31)12-14-24-21(3)10-11-22-17-20(2)9-13-25(22)24/h10-11,17,19-21,23-29,31H,4-9,12-16,18H2,1-3H3/t20-,21+,23-,24+,25+,26?,27-,28?/m1/s1. The van der Waals surface area contributed by atoms with Gasteiger partial charge in [0.2, 0.25) is 0 Å². The van der Waals surface area contributed by atoms with Crippen molar-refractivity contribution in [1.29, 1.82) is 0 Å². The number of hydrogen-bond donors (Lipinski definition) is 2. The number of unbranched alkanes of at least 4 members (excludes halogenated alkanes) is 1. The van der Waals surface area contributed by atoms with Gasteiger partial charge < -0.3 is 24.7 Å². The predicted octanol–water partition coefficient (Wildman–Crippen LogP) is 5.18. The molecule has 0 saturated carbocycles. The molecule has 1 saturated heterocycles. The fraction of sp³-hybridized carbons (Fsp3) is 0.821. The number of aliphatic hydroxyl groups is 1. The van der Waals surface area contributed by atoms with E-state index < -0.39 is 12.1 Å². The lowest BCUT2D eigenvalue weighted by Crippen LogP contribution is -2.47. The van der Waals surface area contributed by atoms with Crippen molar-refractivity contribution in [3.05, 3.63) is 23.8 Å². The van der Waals surface area contributed by atoms with Gasteiger partial charge in [-0.3, -0.25) is 0 Å². The summed E-state index contributed by atoms with van der Waals surface area (Å²) in [5, 5.41) is 14.4. The van der Waals surface area contributed by atoms with E-state index in [1.807, 2.05) is 0 Å². The molecule has 0 spiro atoms. The Hall–Kier alpha value is -1.01. The summed E-state index contributed by atoms with van der Waals surface area (Å²) in [5.41, 5.74) is 1.50. The molecule has 2 aliphatic carbocycles. The van der Waals surface area contributed by atoms with Crippen molar-refractivity contribution < 1.29 is 19.4 Å². The first-order valence-corrected chi connectivity index (χ1v) is 13.6. The summed E-state index contributed by atoms with van der Waals surface area (Å²) in [6.45, 7) is 8.25. The van der Waals surface area contributed by atoms with E-state index in [1.54, 1.807) is 0 Å². The molecule has 0 bridgehead atoms. The first kappa shape index (κ1) is 26.6. The normalized spacial score (nSPS) is 32.5. The number of fused-ring (bicyclic) bond motifs is 1. The van der Waals surface area contributed by atoms with Crippen molar-refractivity contribution >= 4 is 6.29 Å². The van der Waals surface area contributed by atoms with Gasteiger partial charge in [-0.25, -0.2) is 0 Å². The van der Waals surface area contributed by atoms with Crippen molar-refractivity contribution in [3.63, 3.8) is 0 Å². The molecule has 2 N–H and O–H groups in total. The van der Waals surface area contributed by atoms with Gasteiger partial charge in [0.15, 0.2) is 6.29 Å². The number of ether oxygens (including phenoxy) is 2. The molecule has 0 aromatic rings. The molecule has 0 aromatic carbocycles. The molecule has 1 aliphatic heterocycles. The SMILES string of the molecule is CCCCNC(C=O)[C@@H](C[C@H](O)CC[C@H]1[C@@H](C)C=CC2=C[C@H](C)CC[C@@H]21)OC1CCCCO1. The molecule has 3 rings (SSSR count). The van der Waals surface area contributed by atoms with E-state index in [-0.39, 0.29) is 12.4 Å². The van der Waals surface area contributed by atoms with Crippen LogP contribution in [0.15, 0.2) is 23.8 Å². The van der Waals surface area contributed by atoms with E-state index >= 15 is 0 Å². The fourth-order valence-electron chi connectivity index (χ4n) is 5.80. The van der Waals surface area contributed by atoms with Crippen LogP contribution in [0, 0.1) is 23.7 Å². The van der Waals surface area contributed by atoms with Crippen molar-refractivity contribution in [2.45, 2.75) is 110 Å². The lowest BCUT2D eigenvalue weighted by molar-refractivity contribution is -0.198. The van der Waals surface area contributed by atoms with E-state index in [0.29, 0.717) is 36.7 Å². The highest BCUT2D eigenvalue weighted by atomic mass is 16.7. The molecule has 188 valence electrons. The zero-order chi connectivity index (χ0) is 23.6. The summed E-state index contributed by atoms with van der Waals surface area (Å²) in [4.78, 5) is 11.9. The van der Waals surface area contributed by atoms with Crippen LogP contribution < -0.4 is 5.32 Å². The first-order valence-electron chi connectivity index (χ1n) is 13.6. The number of rotatable bonds is 13. The third-order valence-corrected chi connectivity index (χ3v) is 7.88. The van der Waals surface area contributed by atoms with Crippen LogP contribution in [0.3, 0.4) is 0 Å². The van der Waals surface area contributed by atoms with Crippen LogP contribution in [0.2, 0.25) is 0 Å². The van der Waals surface area contributed by atoms with Crippen LogP contribution in [0.1, 0.15) is 85.0 Å². The molecular weight excluding hydrogens is 414 g/mol. The van der Waals surface area contributed by atoms with Gasteiger partial charge in [-0.1, -0.05) is 45.4 Å². The third kappa shape index (κ3) is 8.02. The minimum Gasteiger partial charge on any atom is -0.393 e. The molecule has 8 atom stereocenters. The van der Waals surface area contributed by atoms with Crippen LogP contribution >= 0.6 is 0 Å². The smallest absolute Gasteiger partial charge is 0.158 e. The van der Waals surface area contributed by atoms with Gasteiger partial charge in [-0.05, 0) is 87.2 Å². The van der Waals surface area contributed by atoms with Crippen molar-refractivity contribution in [2.24, 2.45) is 23.7 Å². The van der Waals surface area contributed by atoms with Gasteiger partial charge in [0.25, 0.3) is 0 Å². The molecule has 33 heavy (non-hydrogen) atoms. The summed E-state index contributed by atoms with van der Waals surface area (Å²) >= 11 is 0. The second kappa shape index (κ2) is 13.8.